The Balaban J connectivity index is 1.67. The van der Waals surface area contributed by atoms with Crippen LogP contribution in [-0.2, 0) is 9.59 Å². The zero-order chi connectivity index (χ0) is 14.3. The first-order valence-electron chi connectivity index (χ1n) is 7.19. The molecule has 3 N–H and O–H groups in total. The Kier molecular flexibility index (Phi) is 3.16. The number of nitrogens with two attached hydrogens (primary N) is 1. The molecule has 110 valence electrons. The van der Waals surface area contributed by atoms with E-state index in [-0.39, 0.29) is 24.4 Å². The first kappa shape index (κ1) is 13.4. The summed E-state index contributed by atoms with van der Waals surface area (Å²) in [7, 11) is 0. The quantitative estimate of drug-likeness (QED) is 0.661. The second-order valence-corrected chi connectivity index (χ2v) is 6.00. The topological polar surface area (TPSA) is 95.7 Å². The van der Waals surface area contributed by atoms with Gasteiger partial charge < -0.3 is 16.0 Å². The fraction of sp³-hybridized carbons (Fsp3) is 0.769. The number of imide groups is 1. The average Bonchev–Trinajstić information content (AvgIpc) is 3.08. The van der Waals surface area contributed by atoms with Gasteiger partial charge in [0.1, 0.15) is 12.1 Å². The molecule has 0 bridgehead atoms. The molecule has 2 saturated heterocycles. The van der Waals surface area contributed by atoms with Gasteiger partial charge in [-0.2, -0.15) is 0 Å². The van der Waals surface area contributed by atoms with Gasteiger partial charge in [0.25, 0.3) is 5.91 Å². The van der Waals surface area contributed by atoms with E-state index in [9.17, 15) is 14.4 Å². The first-order chi connectivity index (χ1) is 9.52. The summed E-state index contributed by atoms with van der Waals surface area (Å²) in [5.74, 6) is -0.437. The van der Waals surface area contributed by atoms with Gasteiger partial charge in [-0.25, -0.2) is 4.79 Å². The van der Waals surface area contributed by atoms with E-state index in [1.54, 1.807) is 4.90 Å². The van der Waals surface area contributed by atoms with Gasteiger partial charge in [-0.3, -0.25) is 14.5 Å². The third-order valence-electron chi connectivity index (χ3n) is 4.57. The minimum atomic E-state index is -0.737. The van der Waals surface area contributed by atoms with E-state index in [0.29, 0.717) is 25.9 Å². The molecular weight excluding hydrogens is 260 g/mol. The summed E-state index contributed by atoms with van der Waals surface area (Å²) in [4.78, 5) is 39.2. The number of amides is 4. The van der Waals surface area contributed by atoms with E-state index in [1.165, 1.54) is 0 Å². The summed E-state index contributed by atoms with van der Waals surface area (Å²) >= 11 is 0. The Bertz CT molecular complexity index is 459. The molecule has 4 amide bonds. The number of nitrogens with zero attached hydrogens (tertiary/aromatic N) is 2. The van der Waals surface area contributed by atoms with Crippen molar-refractivity contribution in [2.24, 2.45) is 5.73 Å². The number of carbonyl (C=O) groups excluding carboxylic acids is 3. The number of hydrogen-bond donors (Lipinski definition) is 2. The SMILES string of the molecule is N[C@@H]1CCN(C(=O)CN2C(=O)NC3(CCCC3)C2=O)C1. The molecule has 0 aromatic rings. The van der Waals surface area contributed by atoms with Crippen molar-refractivity contribution in [1.29, 1.82) is 0 Å². The van der Waals surface area contributed by atoms with E-state index >= 15 is 0 Å². The van der Waals surface area contributed by atoms with Crippen LogP contribution in [0.2, 0.25) is 0 Å². The fourth-order valence-electron chi connectivity index (χ4n) is 3.39. The van der Waals surface area contributed by atoms with Crippen molar-refractivity contribution in [3.8, 4) is 0 Å². The normalized spacial score (nSPS) is 28.6. The van der Waals surface area contributed by atoms with Crippen molar-refractivity contribution in [3.05, 3.63) is 0 Å². The molecule has 7 nitrogen and oxygen atoms in total. The van der Waals surface area contributed by atoms with Crippen molar-refractivity contribution in [2.75, 3.05) is 19.6 Å². The standard InChI is InChI=1S/C13H20N4O3/c14-9-3-6-16(7-9)10(18)8-17-11(19)13(15-12(17)20)4-1-2-5-13/h9H,1-8,14H2,(H,15,20)/t9-/m1/s1. The Morgan fingerprint density at radius 2 is 2.05 bits per heavy atom. The van der Waals surface area contributed by atoms with Crippen LogP contribution in [-0.4, -0.2) is 58.9 Å². The average molecular weight is 280 g/mol. The van der Waals surface area contributed by atoms with Crippen LogP contribution in [0.5, 0.6) is 0 Å². The Morgan fingerprint density at radius 1 is 1.35 bits per heavy atom. The number of rotatable bonds is 2. The minimum absolute atomic E-state index is 0.00299. The number of carbonyl (C=O) groups is 3. The highest BCUT2D eigenvalue weighted by molar-refractivity contribution is 6.09. The first-order valence-corrected chi connectivity index (χ1v) is 7.19. The maximum Gasteiger partial charge on any atom is 0.325 e. The van der Waals surface area contributed by atoms with Gasteiger partial charge in [-0.05, 0) is 19.3 Å². The molecule has 3 aliphatic rings. The predicted octanol–water partition coefficient (Wildman–Crippen LogP) is -0.589. The lowest BCUT2D eigenvalue weighted by molar-refractivity contribution is -0.138. The van der Waals surface area contributed by atoms with E-state index in [2.05, 4.69) is 5.32 Å². The number of hydrogen-bond acceptors (Lipinski definition) is 4. The Hall–Kier alpha value is -1.63. The van der Waals surface area contributed by atoms with E-state index in [4.69, 9.17) is 5.73 Å². The van der Waals surface area contributed by atoms with Gasteiger partial charge in [0.2, 0.25) is 5.91 Å². The van der Waals surface area contributed by atoms with Crippen LogP contribution >= 0.6 is 0 Å². The number of likely N-dealkylation sites (tertiary alicyclic amines) is 1. The molecule has 1 aliphatic carbocycles. The molecule has 0 aromatic heterocycles. The van der Waals surface area contributed by atoms with Crippen molar-refractivity contribution >= 4 is 17.8 Å². The molecule has 20 heavy (non-hydrogen) atoms. The summed E-state index contributed by atoms with van der Waals surface area (Å²) in [6.45, 7) is 0.946. The Morgan fingerprint density at radius 3 is 2.65 bits per heavy atom. The molecule has 1 atom stereocenters. The van der Waals surface area contributed by atoms with Crippen molar-refractivity contribution in [1.82, 2.24) is 15.1 Å². The smallest absolute Gasteiger partial charge is 0.325 e. The van der Waals surface area contributed by atoms with Crippen LogP contribution in [0, 0.1) is 0 Å². The molecule has 2 heterocycles. The maximum atomic E-state index is 12.4. The van der Waals surface area contributed by atoms with Crippen LogP contribution in [0.25, 0.3) is 0 Å². The molecule has 2 aliphatic heterocycles. The Labute approximate surface area is 117 Å². The zero-order valence-electron chi connectivity index (χ0n) is 11.4. The van der Waals surface area contributed by atoms with Crippen molar-refractivity contribution in [2.45, 2.75) is 43.7 Å². The number of urea groups is 1. The molecule has 7 heteroatoms. The van der Waals surface area contributed by atoms with Gasteiger partial charge in [-0.1, -0.05) is 12.8 Å². The van der Waals surface area contributed by atoms with Crippen LogP contribution in [0.1, 0.15) is 32.1 Å². The van der Waals surface area contributed by atoms with Crippen LogP contribution in [0.15, 0.2) is 0 Å². The van der Waals surface area contributed by atoms with Crippen LogP contribution in [0.4, 0.5) is 4.79 Å². The van der Waals surface area contributed by atoms with Gasteiger partial charge in [0.05, 0.1) is 0 Å². The highest BCUT2D eigenvalue weighted by Crippen LogP contribution is 2.34. The van der Waals surface area contributed by atoms with E-state index in [0.717, 1.165) is 24.2 Å². The predicted molar refractivity (Wildman–Crippen MR) is 70.6 cm³/mol. The van der Waals surface area contributed by atoms with Crippen molar-refractivity contribution < 1.29 is 14.4 Å². The fourth-order valence-corrected chi connectivity index (χ4v) is 3.39. The van der Waals surface area contributed by atoms with Crippen molar-refractivity contribution in [3.63, 3.8) is 0 Å². The summed E-state index contributed by atoms with van der Waals surface area (Å²) in [5.41, 5.74) is 5.03. The third kappa shape index (κ3) is 2.06. The summed E-state index contributed by atoms with van der Waals surface area (Å²) in [5, 5.41) is 2.78. The molecule has 1 spiro atoms. The third-order valence-corrected chi connectivity index (χ3v) is 4.57. The number of nitrogens with one attached hydrogen (secondary N) is 1. The molecule has 0 unspecified atom stereocenters. The molecule has 3 rings (SSSR count). The summed E-state index contributed by atoms with van der Waals surface area (Å²) in [6, 6.07) is -0.433. The largest absolute Gasteiger partial charge is 0.340 e. The molecule has 0 aromatic carbocycles. The van der Waals surface area contributed by atoms with Crippen LogP contribution in [0.3, 0.4) is 0 Å². The highest BCUT2D eigenvalue weighted by atomic mass is 16.2. The van der Waals surface area contributed by atoms with Gasteiger partial charge in [-0.15, -0.1) is 0 Å². The lowest BCUT2D eigenvalue weighted by Gasteiger charge is -2.21. The molecule has 1 saturated carbocycles. The maximum absolute atomic E-state index is 12.4. The summed E-state index contributed by atoms with van der Waals surface area (Å²) < 4.78 is 0. The lowest BCUT2D eigenvalue weighted by atomic mass is 9.98. The van der Waals surface area contributed by atoms with Gasteiger partial charge in [0, 0.05) is 19.1 Å². The van der Waals surface area contributed by atoms with E-state index < -0.39 is 11.6 Å². The second kappa shape index (κ2) is 4.73. The van der Waals surface area contributed by atoms with Crippen LogP contribution < -0.4 is 11.1 Å². The molecular formula is C13H20N4O3. The van der Waals surface area contributed by atoms with Gasteiger partial charge in [0.15, 0.2) is 0 Å². The molecule has 3 fully saturated rings. The monoisotopic (exact) mass is 280 g/mol. The molecule has 0 radical (unpaired) electrons. The second-order valence-electron chi connectivity index (χ2n) is 6.00. The zero-order valence-corrected chi connectivity index (χ0v) is 11.4. The van der Waals surface area contributed by atoms with Gasteiger partial charge >= 0.3 is 6.03 Å². The minimum Gasteiger partial charge on any atom is -0.340 e. The highest BCUT2D eigenvalue weighted by Gasteiger charge is 2.52. The summed E-state index contributed by atoms with van der Waals surface area (Å²) in [6.07, 6.45) is 4.01. The lowest BCUT2D eigenvalue weighted by Crippen LogP contribution is -2.46. The van der Waals surface area contributed by atoms with E-state index in [1.807, 2.05) is 0 Å².